The van der Waals surface area contributed by atoms with Gasteiger partial charge in [0.05, 0.1) is 13.2 Å². The van der Waals surface area contributed by atoms with Crippen molar-refractivity contribution in [3.63, 3.8) is 0 Å². The van der Waals surface area contributed by atoms with E-state index in [0.717, 1.165) is 7.11 Å². The molecule has 0 aromatic heterocycles. The number of halogens is 1. The van der Waals surface area contributed by atoms with Gasteiger partial charge in [-0.3, -0.25) is 9.59 Å². The van der Waals surface area contributed by atoms with Crippen molar-refractivity contribution >= 4 is 46.6 Å². The summed E-state index contributed by atoms with van der Waals surface area (Å²) in [5.74, 6) is -3.64. The van der Waals surface area contributed by atoms with Gasteiger partial charge in [-0.2, -0.15) is 5.26 Å². The third-order valence-corrected chi connectivity index (χ3v) is 4.07. The zero-order valence-corrected chi connectivity index (χ0v) is 14.0. The molecule has 2 N–H and O–H groups in total. The quantitative estimate of drug-likeness (QED) is 0.465. The summed E-state index contributed by atoms with van der Waals surface area (Å²) in [4.78, 5) is 36.9. The predicted molar refractivity (Wildman–Crippen MR) is 88.1 cm³/mol. The molecule has 0 bridgehead atoms. The second kappa shape index (κ2) is 6.95. The Hall–Kier alpha value is -2.50. The molecule has 2 atom stereocenters. The number of esters is 1. The highest BCUT2D eigenvalue weighted by molar-refractivity contribution is 7.80. The molecule has 2 unspecified atom stereocenters. The fraction of sp³-hybridized carbons (Fsp3) is 0.267. The minimum atomic E-state index is -1.89. The van der Waals surface area contributed by atoms with E-state index in [0.29, 0.717) is 5.02 Å². The lowest BCUT2D eigenvalue weighted by Gasteiger charge is -2.38. The van der Waals surface area contributed by atoms with Crippen LogP contribution in [0.25, 0.3) is 0 Å². The van der Waals surface area contributed by atoms with Crippen LogP contribution >= 0.6 is 23.8 Å². The van der Waals surface area contributed by atoms with Crippen LogP contribution < -0.4 is 10.6 Å². The van der Waals surface area contributed by atoms with Crippen LogP contribution in [0.15, 0.2) is 24.3 Å². The van der Waals surface area contributed by atoms with E-state index in [1.165, 1.54) is 24.3 Å². The number of carbonyl (C=O) groups is 3. The van der Waals surface area contributed by atoms with Crippen LogP contribution in [0.4, 0.5) is 0 Å². The number of hydrogen-bond donors (Lipinski definition) is 2. The van der Waals surface area contributed by atoms with Crippen LogP contribution in [0.2, 0.25) is 5.02 Å². The van der Waals surface area contributed by atoms with Gasteiger partial charge in [0, 0.05) is 17.0 Å². The molecule has 0 saturated carbocycles. The maximum absolute atomic E-state index is 12.5. The maximum Gasteiger partial charge on any atom is 0.334 e. The first kappa shape index (κ1) is 17.8. The molecule has 1 aliphatic rings. The molecule has 0 aliphatic carbocycles. The summed E-state index contributed by atoms with van der Waals surface area (Å²) < 4.78 is 4.71. The van der Waals surface area contributed by atoms with Gasteiger partial charge in [-0.15, -0.1) is 0 Å². The summed E-state index contributed by atoms with van der Waals surface area (Å²) in [6, 6.07) is 7.75. The number of ketones is 1. The normalized spacial score (nSPS) is 22.8. The third-order valence-electron chi connectivity index (χ3n) is 3.61. The van der Waals surface area contributed by atoms with Crippen LogP contribution in [0.5, 0.6) is 0 Å². The molecule has 0 radical (unpaired) electrons. The number of amides is 1. The minimum absolute atomic E-state index is 0.152. The standard InChI is InChI=1S/C15H12ClN3O4S/c1-23-13(22)15(10(7-17)12(21)18-14(24)19-15)6-11(20)8-2-4-9(16)5-3-8/h2-5,10H,6H2,1H3,(H2,18,19,21,24). The zero-order chi connectivity index (χ0) is 17.9. The second-order valence-corrected chi connectivity index (χ2v) is 5.92. The molecule has 1 aliphatic heterocycles. The Morgan fingerprint density at radius 1 is 1.42 bits per heavy atom. The number of carbonyl (C=O) groups excluding carboxylic acids is 3. The van der Waals surface area contributed by atoms with Gasteiger partial charge in [0.1, 0.15) is 0 Å². The number of benzene rings is 1. The van der Waals surface area contributed by atoms with Gasteiger partial charge in [-0.1, -0.05) is 11.6 Å². The molecule has 1 amide bonds. The van der Waals surface area contributed by atoms with E-state index in [-0.39, 0.29) is 10.7 Å². The number of thiocarbonyl (C=S) groups is 1. The summed E-state index contributed by atoms with van der Waals surface area (Å²) in [6.07, 6.45) is -0.479. The summed E-state index contributed by atoms with van der Waals surface area (Å²) in [5.41, 5.74) is -1.61. The number of methoxy groups -OCH3 is 1. The number of Topliss-reactive ketones (excluding diaryl/α,β-unsaturated/α-hetero) is 1. The zero-order valence-electron chi connectivity index (χ0n) is 12.5. The lowest BCUT2D eigenvalue weighted by molar-refractivity contribution is -0.152. The Bertz CT molecular complexity index is 759. The number of ether oxygens (including phenoxy) is 1. The van der Waals surface area contributed by atoms with Crippen molar-refractivity contribution in [1.82, 2.24) is 10.6 Å². The monoisotopic (exact) mass is 365 g/mol. The van der Waals surface area contributed by atoms with Crippen LogP contribution in [0, 0.1) is 17.2 Å². The SMILES string of the molecule is COC(=O)C1(CC(=O)c2ccc(Cl)cc2)NC(=S)NC(=O)C1C#N. The number of nitrogens with zero attached hydrogens (tertiary/aromatic N) is 1. The largest absolute Gasteiger partial charge is 0.467 e. The van der Waals surface area contributed by atoms with Gasteiger partial charge < -0.3 is 15.4 Å². The van der Waals surface area contributed by atoms with Crippen LogP contribution in [0.3, 0.4) is 0 Å². The van der Waals surface area contributed by atoms with Crippen molar-refractivity contribution in [2.75, 3.05) is 7.11 Å². The number of rotatable bonds is 4. The van der Waals surface area contributed by atoms with E-state index in [1.54, 1.807) is 6.07 Å². The fourth-order valence-corrected chi connectivity index (χ4v) is 2.85. The molecule has 24 heavy (non-hydrogen) atoms. The average molecular weight is 366 g/mol. The van der Waals surface area contributed by atoms with E-state index < -0.39 is 35.5 Å². The van der Waals surface area contributed by atoms with Crippen molar-refractivity contribution in [2.24, 2.45) is 5.92 Å². The van der Waals surface area contributed by atoms with E-state index >= 15 is 0 Å². The topological polar surface area (TPSA) is 108 Å². The number of nitriles is 1. The third kappa shape index (κ3) is 3.22. The van der Waals surface area contributed by atoms with Crippen molar-refractivity contribution in [2.45, 2.75) is 12.0 Å². The fourth-order valence-electron chi connectivity index (χ4n) is 2.44. The number of nitrogens with one attached hydrogen (secondary N) is 2. The van der Waals surface area contributed by atoms with Gasteiger partial charge >= 0.3 is 5.97 Å². The molecule has 1 saturated heterocycles. The van der Waals surface area contributed by atoms with Crippen molar-refractivity contribution in [3.8, 4) is 6.07 Å². The van der Waals surface area contributed by atoms with E-state index in [2.05, 4.69) is 10.6 Å². The molecule has 1 heterocycles. The highest BCUT2D eigenvalue weighted by atomic mass is 35.5. The van der Waals surface area contributed by atoms with Crippen molar-refractivity contribution < 1.29 is 19.1 Å². The first-order valence-corrected chi connectivity index (χ1v) is 7.52. The molecular formula is C15H12ClN3O4S. The Labute approximate surface area is 147 Å². The minimum Gasteiger partial charge on any atom is -0.467 e. The molecular weight excluding hydrogens is 354 g/mol. The predicted octanol–water partition coefficient (Wildman–Crippen LogP) is 0.969. The van der Waals surface area contributed by atoms with Crippen molar-refractivity contribution in [3.05, 3.63) is 34.9 Å². The van der Waals surface area contributed by atoms with Gasteiger partial charge in [0.15, 0.2) is 22.4 Å². The molecule has 124 valence electrons. The van der Waals surface area contributed by atoms with Crippen LogP contribution in [-0.4, -0.2) is 35.4 Å². The molecule has 7 nitrogen and oxygen atoms in total. The first-order chi connectivity index (χ1) is 11.3. The summed E-state index contributed by atoms with van der Waals surface area (Å²) >= 11 is 10.7. The molecule has 1 fully saturated rings. The highest BCUT2D eigenvalue weighted by Gasteiger charge is 2.55. The lowest BCUT2D eigenvalue weighted by Crippen LogP contribution is -2.70. The summed E-state index contributed by atoms with van der Waals surface area (Å²) in [7, 11) is 1.10. The summed E-state index contributed by atoms with van der Waals surface area (Å²) in [6.45, 7) is 0. The van der Waals surface area contributed by atoms with E-state index in [4.69, 9.17) is 28.6 Å². The van der Waals surface area contributed by atoms with Crippen molar-refractivity contribution in [1.29, 1.82) is 5.26 Å². The molecule has 0 spiro atoms. The average Bonchev–Trinajstić information content (AvgIpc) is 2.54. The van der Waals surface area contributed by atoms with Gasteiger partial charge in [0.25, 0.3) is 0 Å². The molecule has 1 aromatic rings. The van der Waals surface area contributed by atoms with Crippen LogP contribution in [0.1, 0.15) is 16.8 Å². The Balaban J connectivity index is 2.44. The molecule has 9 heteroatoms. The Kier molecular flexibility index (Phi) is 5.17. The van der Waals surface area contributed by atoms with Gasteiger partial charge in [-0.05, 0) is 36.5 Å². The maximum atomic E-state index is 12.5. The summed E-state index contributed by atoms with van der Waals surface area (Å²) in [5, 5.41) is 14.4. The van der Waals surface area contributed by atoms with E-state index in [9.17, 15) is 19.6 Å². The number of hydrogen-bond acceptors (Lipinski definition) is 6. The second-order valence-electron chi connectivity index (χ2n) is 5.08. The molecule has 1 aromatic carbocycles. The highest BCUT2D eigenvalue weighted by Crippen LogP contribution is 2.28. The van der Waals surface area contributed by atoms with Crippen LogP contribution in [-0.2, 0) is 14.3 Å². The van der Waals surface area contributed by atoms with Gasteiger partial charge in [-0.25, -0.2) is 4.79 Å². The Morgan fingerprint density at radius 2 is 2.04 bits per heavy atom. The molecule has 2 rings (SSSR count). The smallest absolute Gasteiger partial charge is 0.334 e. The lowest BCUT2D eigenvalue weighted by atomic mass is 9.77. The van der Waals surface area contributed by atoms with Gasteiger partial charge in [0.2, 0.25) is 5.91 Å². The van der Waals surface area contributed by atoms with E-state index in [1.807, 2.05) is 0 Å². The first-order valence-electron chi connectivity index (χ1n) is 6.74. The Morgan fingerprint density at radius 3 is 2.58 bits per heavy atom.